The maximum absolute atomic E-state index is 5.61. The summed E-state index contributed by atoms with van der Waals surface area (Å²) >= 11 is 5.61. The van der Waals surface area contributed by atoms with Crippen LogP contribution < -0.4 is 4.74 Å². The number of hydrogen-bond acceptors (Lipinski definition) is 1. The molecule has 0 fully saturated rings. The number of methoxy groups -OCH3 is 1. The van der Waals surface area contributed by atoms with Gasteiger partial charge in [0.2, 0.25) is 0 Å². The number of ether oxygens (including phenoxy) is 1. The van der Waals surface area contributed by atoms with E-state index in [-0.39, 0.29) is 0 Å². The molecule has 0 heterocycles. The lowest BCUT2D eigenvalue weighted by Crippen LogP contribution is -1.87. The van der Waals surface area contributed by atoms with Gasteiger partial charge in [0, 0.05) is 5.56 Å². The highest BCUT2D eigenvalue weighted by atomic mass is 35.5. The summed E-state index contributed by atoms with van der Waals surface area (Å²) < 4.78 is 5.03. The quantitative estimate of drug-likeness (QED) is 0.596. The van der Waals surface area contributed by atoms with Gasteiger partial charge in [-0.15, -0.1) is 11.6 Å². The van der Waals surface area contributed by atoms with Crippen molar-refractivity contribution in [1.29, 1.82) is 0 Å². The molecule has 0 unspecified atom stereocenters. The number of hydrogen-bond donors (Lipinski definition) is 0. The minimum Gasteiger partial charge on any atom is -0.496 e. The monoisotopic (exact) mass is 155 g/mol. The Hall–Kier alpha value is -0.690. The van der Waals surface area contributed by atoms with Crippen LogP contribution in [0.4, 0.5) is 0 Å². The van der Waals surface area contributed by atoms with Crippen molar-refractivity contribution >= 4 is 11.6 Å². The van der Waals surface area contributed by atoms with E-state index in [4.69, 9.17) is 16.3 Å². The van der Waals surface area contributed by atoms with Gasteiger partial charge in [0.05, 0.1) is 13.0 Å². The van der Waals surface area contributed by atoms with E-state index in [0.717, 1.165) is 11.3 Å². The SMILES string of the molecule is COc1cc[c]cc1CCl. The first-order valence-corrected chi connectivity index (χ1v) is 3.51. The second kappa shape index (κ2) is 3.47. The Labute approximate surface area is 65.6 Å². The number of rotatable bonds is 2. The summed E-state index contributed by atoms with van der Waals surface area (Å²) in [6.07, 6.45) is 0. The highest BCUT2D eigenvalue weighted by Crippen LogP contribution is 2.18. The first kappa shape index (κ1) is 7.42. The zero-order chi connectivity index (χ0) is 7.40. The fourth-order valence-corrected chi connectivity index (χ4v) is 0.963. The van der Waals surface area contributed by atoms with Crippen molar-refractivity contribution in [3.63, 3.8) is 0 Å². The van der Waals surface area contributed by atoms with Crippen LogP contribution in [0.15, 0.2) is 18.2 Å². The van der Waals surface area contributed by atoms with Crippen LogP contribution in [-0.2, 0) is 5.88 Å². The lowest BCUT2D eigenvalue weighted by molar-refractivity contribution is 0.411. The van der Waals surface area contributed by atoms with Crippen LogP contribution in [0.2, 0.25) is 0 Å². The minimum absolute atomic E-state index is 0.473. The van der Waals surface area contributed by atoms with Crippen LogP contribution in [0.1, 0.15) is 5.56 Å². The fraction of sp³-hybridized carbons (Fsp3) is 0.250. The number of benzene rings is 1. The van der Waals surface area contributed by atoms with E-state index in [1.54, 1.807) is 13.2 Å². The lowest BCUT2D eigenvalue weighted by atomic mass is 10.2. The normalized spacial score (nSPS) is 9.40. The Morgan fingerprint density at radius 2 is 2.50 bits per heavy atom. The second-order valence-corrected chi connectivity index (χ2v) is 2.14. The smallest absolute Gasteiger partial charge is 0.123 e. The zero-order valence-corrected chi connectivity index (χ0v) is 6.48. The molecule has 0 aliphatic carbocycles. The van der Waals surface area contributed by atoms with E-state index >= 15 is 0 Å². The molecular formula is C8H8ClO. The van der Waals surface area contributed by atoms with Crippen LogP contribution in [0.3, 0.4) is 0 Å². The lowest BCUT2D eigenvalue weighted by Gasteiger charge is -2.02. The van der Waals surface area contributed by atoms with E-state index in [1.165, 1.54) is 0 Å². The molecule has 2 heteroatoms. The molecule has 0 aliphatic rings. The average molecular weight is 156 g/mol. The molecule has 0 N–H and O–H groups in total. The molecule has 0 saturated carbocycles. The largest absolute Gasteiger partial charge is 0.496 e. The van der Waals surface area contributed by atoms with Gasteiger partial charge in [-0.25, -0.2) is 0 Å². The van der Waals surface area contributed by atoms with Crippen molar-refractivity contribution in [2.75, 3.05) is 7.11 Å². The summed E-state index contributed by atoms with van der Waals surface area (Å²) in [6, 6.07) is 8.39. The van der Waals surface area contributed by atoms with E-state index < -0.39 is 0 Å². The van der Waals surface area contributed by atoms with E-state index in [0.29, 0.717) is 5.88 Å². The topological polar surface area (TPSA) is 9.23 Å². The van der Waals surface area contributed by atoms with Gasteiger partial charge < -0.3 is 4.74 Å². The molecule has 53 valence electrons. The molecular weight excluding hydrogens is 148 g/mol. The molecule has 1 aromatic carbocycles. The van der Waals surface area contributed by atoms with Gasteiger partial charge >= 0.3 is 0 Å². The van der Waals surface area contributed by atoms with Gasteiger partial charge in [0.1, 0.15) is 5.75 Å². The predicted octanol–water partition coefficient (Wildman–Crippen LogP) is 2.23. The number of halogens is 1. The van der Waals surface area contributed by atoms with Crippen molar-refractivity contribution in [1.82, 2.24) is 0 Å². The van der Waals surface area contributed by atoms with Crippen LogP contribution in [0.5, 0.6) is 5.75 Å². The fourth-order valence-electron chi connectivity index (χ4n) is 0.754. The molecule has 0 spiro atoms. The Bertz CT molecular complexity index is 187. The van der Waals surface area contributed by atoms with Crippen LogP contribution in [0.25, 0.3) is 0 Å². The predicted molar refractivity (Wildman–Crippen MR) is 41.4 cm³/mol. The molecule has 0 bridgehead atoms. The molecule has 0 amide bonds. The van der Waals surface area contributed by atoms with E-state index in [1.807, 2.05) is 12.1 Å². The number of alkyl halides is 1. The molecule has 0 aromatic heterocycles. The van der Waals surface area contributed by atoms with Crippen LogP contribution >= 0.6 is 11.6 Å². The summed E-state index contributed by atoms with van der Waals surface area (Å²) in [7, 11) is 1.63. The maximum atomic E-state index is 5.61. The van der Waals surface area contributed by atoms with Crippen molar-refractivity contribution in [2.24, 2.45) is 0 Å². The highest BCUT2D eigenvalue weighted by molar-refractivity contribution is 6.17. The first-order valence-electron chi connectivity index (χ1n) is 2.97. The Balaban J connectivity index is 2.96. The molecule has 1 radical (unpaired) electrons. The molecule has 10 heavy (non-hydrogen) atoms. The van der Waals surface area contributed by atoms with Crippen LogP contribution in [0, 0.1) is 6.07 Å². The Kier molecular flexibility index (Phi) is 2.57. The van der Waals surface area contributed by atoms with Gasteiger partial charge in [-0.2, -0.15) is 0 Å². The summed E-state index contributed by atoms with van der Waals surface area (Å²) in [5.41, 5.74) is 0.978. The molecule has 0 aliphatic heterocycles. The van der Waals surface area contributed by atoms with Gasteiger partial charge in [0.25, 0.3) is 0 Å². The Morgan fingerprint density at radius 3 is 3.00 bits per heavy atom. The van der Waals surface area contributed by atoms with Crippen molar-refractivity contribution < 1.29 is 4.74 Å². The standard InChI is InChI=1S/C8H8ClO/c1-10-8-5-3-2-4-7(8)6-9/h3-5H,6H2,1H3. The van der Waals surface area contributed by atoms with Crippen molar-refractivity contribution in [3.05, 3.63) is 29.8 Å². The zero-order valence-electron chi connectivity index (χ0n) is 5.73. The summed E-state index contributed by atoms with van der Waals surface area (Å²) in [4.78, 5) is 0. The minimum atomic E-state index is 0.473. The third-order valence-corrected chi connectivity index (χ3v) is 1.56. The maximum Gasteiger partial charge on any atom is 0.123 e. The van der Waals surface area contributed by atoms with Gasteiger partial charge in [-0.1, -0.05) is 6.07 Å². The third-order valence-electron chi connectivity index (χ3n) is 1.27. The van der Waals surface area contributed by atoms with Crippen molar-refractivity contribution in [3.8, 4) is 5.75 Å². The van der Waals surface area contributed by atoms with Gasteiger partial charge in [-0.3, -0.25) is 0 Å². The second-order valence-electron chi connectivity index (χ2n) is 1.87. The van der Waals surface area contributed by atoms with Crippen molar-refractivity contribution in [2.45, 2.75) is 5.88 Å². The third kappa shape index (κ3) is 1.42. The first-order chi connectivity index (χ1) is 4.88. The average Bonchev–Trinajstić information content (AvgIpc) is 2.04. The molecule has 0 saturated heterocycles. The Morgan fingerprint density at radius 1 is 1.70 bits per heavy atom. The van der Waals surface area contributed by atoms with Gasteiger partial charge in [-0.05, 0) is 18.2 Å². The van der Waals surface area contributed by atoms with E-state index in [9.17, 15) is 0 Å². The van der Waals surface area contributed by atoms with E-state index in [2.05, 4.69) is 6.07 Å². The van der Waals surface area contributed by atoms with Crippen LogP contribution in [-0.4, -0.2) is 7.11 Å². The molecule has 0 atom stereocenters. The highest BCUT2D eigenvalue weighted by Gasteiger charge is 1.97. The summed E-state index contributed by atoms with van der Waals surface area (Å²) in [5, 5.41) is 0. The molecule has 1 rings (SSSR count). The summed E-state index contributed by atoms with van der Waals surface area (Å²) in [6.45, 7) is 0. The van der Waals surface area contributed by atoms with Gasteiger partial charge in [0.15, 0.2) is 0 Å². The molecule has 1 nitrogen and oxygen atoms in total. The summed E-state index contributed by atoms with van der Waals surface area (Å²) in [5.74, 6) is 1.30. The molecule has 1 aromatic rings.